The largest absolute Gasteiger partial charge is 0.491 e. The fraction of sp³-hybridized carbons (Fsp3) is 0.435. The number of ether oxygens (including phenoxy) is 4. The molecule has 0 bridgehead atoms. The molecule has 6 nitrogen and oxygen atoms in total. The Morgan fingerprint density at radius 2 is 1.90 bits per heavy atom. The van der Waals surface area contributed by atoms with Crippen LogP contribution in [0.1, 0.15) is 48.1 Å². The zero-order chi connectivity index (χ0) is 20.1. The van der Waals surface area contributed by atoms with Crippen LogP contribution in [0.5, 0.6) is 17.2 Å². The minimum absolute atomic E-state index is 0.103. The van der Waals surface area contributed by atoms with Gasteiger partial charge in [-0.05, 0) is 61.2 Å². The molecule has 2 atom stereocenters. The second kappa shape index (κ2) is 9.18. The summed E-state index contributed by atoms with van der Waals surface area (Å²) >= 11 is 0. The molecule has 2 aliphatic heterocycles. The molecule has 0 radical (unpaired) electrons. The molecule has 1 N–H and O–H groups in total. The van der Waals surface area contributed by atoms with Crippen LogP contribution in [0.4, 0.5) is 0 Å². The second-order valence-electron chi connectivity index (χ2n) is 7.31. The molecule has 0 aliphatic carbocycles. The van der Waals surface area contributed by atoms with Crippen LogP contribution in [-0.2, 0) is 4.74 Å². The standard InChI is InChI=1S/C23H27NO5/c1-2-20(17-7-10-21-22(14-17)28-13-12-27-21)24-23(25)16-5-8-18(9-6-16)29-15-19-4-3-11-26-19/h5-10,14,19-20H,2-4,11-13,15H2,1H3,(H,24,25). The van der Waals surface area contributed by atoms with E-state index in [0.29, 0.717) is 25.4 Å². The Hall–Kier alpha value is -2.73. The molecule has 2 heterocycles. The molecule has 2 aliphatic rings. The summed E-state index contributed by atoms with van der Waals surface area (Å²) in [6, 6.07) is 13.0. The molecule has 0 spiro atoms. The molecule has 2 aromatic rings. The van der Waals surface area contributed by atoms with Crippen molar-refractivity contribution in [3.05, 3.63) is 53.6 Å². The first-order valence-corrected chi connectivity index (χ1v) is 10.3. The lowest BCUT2D eigenvalue weighted by atomic mass is 10.0. The minimum Gasteiger partial charge on any atom is -0.491 e. The number of carbonyl (C=O) groups excluding carboxylic acids is 1. The molecule has 29 heavy (non-hydrogen) atoms. The Labute approximate surface area is 171 Å². The van der Waals surface area contributed by atoms with Crippen LogP contribution in [0.2, 0.25) is 0 Å². The highest BCUT2D eigenvalue weighted by molar-refractivity contribution is 5.94. The van der Waals surface area contributed by atoms with E-state index in [-0.39, 0.29) is 18.1 Å². The maximum Gasteiger partial charge on any atom is 0.251 e. The fourth-order valence-corrected chi connectivity index (χ4v) is 3.61. The number of carbonyl (C=O) groups is 1. The van der Waals surface area contributed by atoms with E-state index in [9.17, 15) is 4.79 Å². The van der Waals surface area contributed by atoms with Crippen LogP contribution in [0.3, 0.4) is 0 Å². The van der Waals surface area contributed by atoms with Crippen LogP contribution in [0.15, 0.2) is 42.5 Å². The van der Waals surface area contributed by atoms with E-state index in [1.807, 2.05) is 37.3 Å². The zero-order valence-corrected chi connectivity index (χ0v) is 16.7. The van der Waals surface area contributed by atoms with Gasteiger partial charge >= 0.3 is 0 Å². The number of hydrogen-bond donors (Lipinski definition) is 1. The van der Waals surface area contributed by atoms with Crippen molar-refractivity contribution in [3.8, 4) is 17.2 Å². The van der Waals surface area contributed by atoms with E-state index in [4.69, 9.17) is 18.9 Å². The SMILES string of the molecule is CCC(NC(=O)c1ccc(OCC2CCCO2)cc1)c1ccc2c(c1)OCCO2. The average Bonchev–Trinajstić information content (AvgIpc) is 3.29. The smallest absolute Gasteiger partial charge is 0.251 e. The lowest BCUT2D eigenvalue weighted by Crippen LogP contribution is -2.28. The Kier molecular flexibility index (Phi) is 6.20. The quantitative estimate of drug-likeness (QED) is 0.768. The summed E-state index contributed by atoms with van der Waals surface area (Å²) < 4.78 is 22.6. The van der Waals surface area contributed by atoms with Gasteiger partial charge in [0, 0.05) is 12.2 Å². The highest BCUT2D eigenvalue weighted by atomic mass is 16.6. The number of nitrogens with one attached hydrogen (secondary N) is 1. The molecule has 0 aromatic heterocycles. The summed E-state index contributed by atoms with van der Waals surface area (Å²) in [5.41, 5.74) is 1.60. The van der Waals surface area contributed by atoms with E-state index in [2.05, 4.69) is 5.32 Å². The van der Waals surface area contributed by atoms with E-state index in [1.54, 1.807) is 12.1 Å². The number of hydrogen-bond acceptors (Lipinski definition) is 5. The first kappa shape index (κ1) is 19.6. The van der Waals surface area contributed by atoms with Gasteiger partial charge in [-0.2, -0.15) is 0 Å². The number of fused-ring (bicyclic) bond motifs is 1. The molecular formula is C23H27NO5. The van der Waals surface area contributed by atoms with Crippen molar-refractivity contribution in [1.82, 2.24) is 5.32 Å². The van der Waals surface area contributed by atoms with Crippen molar-refractivity contribution in [2.24, 2.45) is 0 Å². The van der Waals surface area contributed by atoms with Crippen molar-refractivity contribution in [1.29, 1.82) is 0 Å². The summed E-state index contributed by atoms with van der Waals surface area (Å²) in [5, 5.41) is 3.11. The monoisotopic (exact) mass is 397 g/mol. The normalized spacial score (nSPS) is 18.9. The van der Waals surface area contributed by atoms with Crippen molar-refractivity contribution in [2.75, 3.05) is 26.4 Å². The van der Waals surface area contributed by atoms with E-state index < -0.39 is 0 Å². The average molecular weight is 397 g/mol. The van der Waals surface area contributed by atoms with Gasteiger partial charge in [0.1, 0.15) is 25.6 Å². The molecule has 1 fully saturated rings. The molecule has 1 amide bonds. The Bertz CT molecular complexity index is 830. The lowest BCUT2D eigenvalue weighted by Gasteiger charge is -2.22. The third-order valence-electron chi connectivity index (χ3n) is 5.26. The second-order valence-corrected chi connectivity index (χ2v) is 7.31. The van der Waals surface area contributed by atoms with E-state index in [0.717, 1.165) is 48.7 Å². The van der Waals surface area contributed by atoms with Gasteiger partial charge in [0.25, 0.3) is 5.91 Å². The highest BCUT2D eigenvalue weighted by Gasteiger charge is 2.19. The Morgan fingerprint density at radius 1 is 1.10 bits per heavy atom. The maximum absolute atomic E-state index is 12.7. The summed E-state index contributed by atoms with van der Waals surface area (Å²) in [6.07, 6.45) is 3.08. The summed E-state index contributed by atoms with van der Waals surface area (Å²) in [6.45, 7) is 4.51. The molecule has 6 heteroatoms. The Balaban J connectivity index is 1.37. The predicted molar refractivity (Wildman–Crippen MR) is 109 cm³/mol. The van der Waals surface area contributed by atoms with Gasteiger partial charge in [0.2, 0.25) is 0 Å². The van der Waals surface area contributed by atoms with Crippen LogP contribution in [0, 0.1) is 0 Å². The predicted octanol–water partition coefficient (Wildman–Crippen LogP) is 3.90. The molecule has 2 aromatic carbocycles. The van der Waals surface area contributed by atoms with Gasteiger partial charge in [-0.15, -0.1) is 0 Å². The third-order valence-corrected chi connectivity index (χ3v) is 5.26. The zero-order valence-electron chi connectivity index (χ0n) is 16.7. The van der Waals surface area contributed by atoms with Gasteiger partial charge in [-0.3, -0.25) is 4.79 Å². The molecular weight excluding hydrogens is 370 g/mol. The third kappa shape index (κ3) is 4.82. The van der Waals surface area contributed by atoms with E-state index in [1.165, 1.54) is 0 Å². The molecule has 4 rings (SSSR count). The van der Waals surface area contributed by atoms with Crippen molar-refractivity contribution < 1.29 is 23.7 Å². The summed E-state index contributed by atoms with van der Waals surface area (Å²) in [7, 11) is 0. The van der Waals surface area contributed by atoms with Gasteiger partial charge < -0.3 is 24.3 Å². The molecule has 1 saturated heterocycles. The van der Waals surface area contributed by atoms with E-state index >= 15 is 0 Å². The van der Waals surface area contributed by atoms with Crippen molar-refractivity contribution in [2.45, 2.75) is 38.3 Å². The van der Waals surface area contributed by atoms with Gasteiger partial charge in [0.15, 0.2) is 11.5 Å². The van der Waals surface area contributed by atoms with Gasteiger partial charge in [-0.25, -0.2) is 0 Å². The maximum atomic E-state index is 12.7. The molecule has 154 valence electrons. The highest BCUT2D eigenvalue weighted by Crippen LogP contribution is 2.33. The minimum atomic E-state index is -0.114. The number of benzene rings is 2. The van der Waals surface area contributed by atoms with Crippen LogP contribution in [-0.4, -0.2) is 38.4 Å². The topological polar surface area (TPSA) is 66.0 Å². The van der Waals surface area contributed by atoms with Crippen LogP contribution < -0.4 is 19.5 Å². The summed E-state index contributed by atoms with van der Waals surface area (Å²) in [4.78, 5) is 12.7. The van der Waals surface area contributed by atoms with Crippen molar-refractivity contribution >= 4 is 5.91 Å². The Morgan fingerprint density at radius 3 is 2.62 bits per heavy atom. The van der Waals surface area contributed by atoms with Gasteiger partial charge in [-0.1, -0.05) is 13.0 Å². The molecule has 2 unspecified atom stereocenters. The first-order chi connectivity index (χ1) is 14.2. The van der Waals surface area contributed by atoms with Gasteiger partial charge in [0.05, 0.1) is 12.1 Å². The number of rotatable bonds is 7. The number of amides is 1. The summed E-state index contributed by atoms with van der Waals surface area (Å²) in [5.74, 6) is 2.11. The van der Waals surface area contributed by atoms with Crippen molar-refractivity contribution in [3.63, 3.8) is 0 Å². The first-order valence-electron chi connectivity index (χ1n) is 10.3. The van der Waals surface area contributed by atoms with Crippen LogP contribution in [0.25, 0.3) is 0 Å². The molecule has 0 saturated carbocycles. The fourth-order valence-electron chi connectivity index (χ4n) is 3.61. The van der Waals surface area contributed by atoms with Crippen LogP contribution >= 0.6 is 0 Å². The lowest BCUT2D eigenvalue weighted by molar-refractivity contribution is 0.0679.